The van der Waals surface area contributed by atoms with Gasteiger partial charge < -0.3 is 0 Å². The smallest absolute Gasteiger partial charge is 0.162 e. The zero-order valence-electron chi connectivity index (χ0n) is 61.6. The summed E-state index contributed by atoms with van der Waals surface area (Å²) in [5.41, 5.74) is 0.357. The fourth-order valence-corrected chi connectivity index (χ4v) is 27.3. The number of hydrogen-bond donors (Lipinski definition) is 0. The predicted molar refractivity (Wildman–Crippen MR) is 441 cm³/mol. The second-order valence-corrected chi connectivity index (χ2v) is 40.9. The number of alkyl halides is 24. The molecule has 0 saturated heterocycles. The molecule has 121 heavy (non-hydrogen) atoms. The van der Waals surface area contributed by atoms with Crippen molar-refractivity contribution in [2.24, 2.45) is 0 Å². The SMILES string of the molecule is C#CC#CC#[C][Ga-]([C]#CC#CC#C)([C]#CC#CC#C)[C]#CC#CC#C.C1=CC([Si](c2ccccc2)(c2ccccc2)c2ccccc2)CC=C1[S+](c1ccccc1)c1ccc(Sc2ccc([Si](c3ccccc3)(c3ccccc3)c3ccccc3)cc2)cc1.FC(F)(F)C(F)(F)F.FC(F)(F)C(F)(F)F.FC(F)(F)C(F)(F)F.FC(F)(F)C(F)(F)F.[HH].[HH].[HH].[HH]. The summed E-state index contributed by atoms with van der Waals surface area (Å²) in [5, 5.41) is 9.91. The Balaban J connectivity index is 0.00000105. The number of allylic oxidation sites excluding steroid dienone is 3. The number of terminal acetylenes is 4. The molecule has 0 aliphatic heterocycles. The van der Waals surface area contributed by atoms with Crippen molar-refractivity contribution in [3.63, 3.8) is 0 Å². The molecule has 0 N–H and O–H groups in total. The third-order valence-corrected chi connectivity index (χ3v) is 34.1. The van der Waals surface area contributed by atoms with Gasteiger partial charge in [-0.1, -0.05) is 230 Å². The van der Waals surface area contributed by atoms with Crippen LogP contribution in [0.4, 0.5) is 105 Å². The van der Waals surface area contributed by atoms with E-state index in [9.17, 15) is 105 Å². The molecule has 0 aromatic heterocycles. The van der Waals surface area contributed by atoms with Crippen molar-refractivity contribution in [3.05, 3.63) is 284 Å². The van der Waals surface area contributed by atoms with E-state index in [2.05, 4.69) is 392 Å². The van der Waals surface area contributed by atoms with Crippen molar-refractivity contribution in [2.45, 2.75) is 81.0 Å². The van der Waals surface area contributed by atoms with Gasteiger partial charge in [0.25, 0.3) is 0 Å². The number of benzene rings is 9. The van der Waals surface area contributed by atoms with Crippen LogP contribution in [0.15, 0.2) is 304 Å². The molecule has 1 aliphatic rings. The van der Waals surface area contributed by atoms with Gasteiger partial charge in [-0.05, 0) is 109 Å². The second kappa shape index (κ2) is 45.4. The fourth-order valence-electron chi connectivity index (χ4n) is 11.0. The van der Waals surface area contributed by atoms with Gasteiger partial charge in [0.1, 0.15) is 0 Å². The summed E-state index contributed by atoms with van der Waals surface area (Å²) in [7, 11) is -5.30. The van der Waals surface area contributed by atoms with Gasteiger partial charge in [-0.3, -0.25) is 0 Å². The molecule has 1 aliphatic carbocycles. The van der Waals surface area contributed by atoms with E-state index in [1.807, 2.05) is 11.8 Å². The maximum atomic E-state index is 10.4. The van der Waals surface area contributed by atoms with Crippen LogP contribution in [-0.4, -0.2) is 80.6 Å². The van der Waals surface area contributed by atoms with Crippen LogP contribution in [0.25, 0.3) is 0 Å². The summed E-state index contributed by atoms with van der Waals surface area (Å²) in [5.74, 6) is 38.5. The van der Waals surface area contributed by atoms with Gasteiger partial charge in [0.2, 0.25) is 0 Å². The first-order valence-corrected chi connectivity index (χ1v) is 44.9. The Kier molecular flexibility index (Phi) is 37.1. The van der Waals surface area contributed by atoms with Crippen LogP contribution >= 0.6 is 11.8 Å². The van der Waals surface area contributed by atoms with Crippen LogP contribution in [-0.2, 0) is 10.9 Å². The average molecular weight is 1810 g/mol. The molecule has 620 valence electrons. The Morgan fingerprint density at radius 2 is 0.521 bits per heavy atom. The van der Waals surface area contributed by atoms with Crippen LogP contribution < -0.4 is 36.3 Å². The molecule has 29 heteroatoms. The van der Waals surface area contributed by atoms with E-state index in [0.717, 1.165) is 6.42 Å². The largest absolute Gasteiger partial charge is 0.487 e. The van der Waals surface area contributed by atoms with Crippen molar-refractivity contribution >= 4 is 90.1 Å². The van der Waals surface area contributed by atoms with E-state index in [-0.39, 0.29) is 16.6 Å². The van der Waals surface area contributed by atoms with E-state index in [4.69, 9.17) is 25.7 Å². The minimum absolute atomic E-state index is 0. The molecular weight excluding hydrogens is 1750 g/mol. The van der Waals surface area contributed by atoms with Gasteiger partial charge in [-0.15, -0.1) is 0 Å². The molecule has 10 rings (SSSR count). The molecule has 0 saturated carbocycles. The topological polar surface area (TPSA) is 0 Å². The molecule has 0 nitrogen and oxygen atoms in total. The van der Waals surface area contributed by atoms with E-state index >= 15 is 0 Å². The zero-order chi connectivity index (χ0) is 89.7. The molecule has 0 radical (unpaired) electrons. The Bertz CT molecular complexity index is 5160. The van der Waals surface area contributed by atoms with Gasteiger partial charge in [0.05, 0.1) is 10.9 Å². The van der Waals surface area contributed by atoms with Crippen LogP contribution in [0, 0.1) is 138 Å². The molecule has 0 amide bonds. The summed E-state index contributed by atoms with van der Waals surface area (Å²) in [6.45, 7) is 0. The minimum Gasteiger partial charge on any atom is -0.162 e. The van der Waals surface area contributed by atoms with E-state index in [1.165, 1.54) is 60.8 Å². The Morgan fingerprint density at radius 1 is 0.289 bits per heavy atom. The molecule has 0 fully saturated rings. The average Bonchev–Trinajstić information content (AvgIpc) is 0.741. The molecule has 0 heterocycles. The summed E-state index contributed by atoms with van der Waals surface area (Å²) >= 11 is -2.07. The normalized spacial score (nSPS) is 12.5. The number of halogens is 24. The van der Waals surface area contributed by atoms with Crippen molar-refractivity contribution < 1.29 is 111 Å². The molecule has 2 atom stereocenters. The first kappa shape index (κ1) is 98.8. The van der Waals surface area contributed by atoms with Gasteiger partial charge in [-0.25, -0.2) is 0 Å². The van der Waals surface area contributed by atoms with Crippen molar-refractivity contribution in [1.82, 2.24) is 0 Å². The number of rotatable bonds is 13. The van der Waals surface area contributed by atoms with Crippen LogP contribution in [0.3, 0.4) is 0 Å². The third-order valence-electron chi connectivity index (χ3n) is 16.0. The molecule has 0 spiro atoms. The second-order valence-electron chi connectivity index (χ2n) is 23.8. The summed E-state index contributed by atoms with van der Waals surface area (Å²) < 4.78 is 262. The Hall–Kier alpha value is -12.7. The van der Waals surface area contributed by atoms with Crippen molar-refractivity contribution in [2.75, 3.05) is 0 Å². The molecule has 9 aromatic rings. The Labute approximate surface area is 700 Å². The van der Waals surface area contributed by atoms with Gasteiger partial charge >= 0.3 is 203 Å². The molecular formula is C92H61F24GaS2Si2. The van der Waals surface area contributed by atoms with Crippen LogP contribution in [0.5, 0.6) is 0 Å². The minimum atomic E-state index is -6.06. The molecule has 2 unspecified atom stereocenters. The monoisotopic (exact) mass is 1810 g/mol. The Morgan fingerprint density at radius 3 is 0.760 bits per heavy atom. The first-order chi connectivity index (χ1) is 57.0. The maximum absolute atomic E-state index is 10.4. The first-order valence-electron chi connectivity index (χ1n) is 34.0. The van der Waals surface area contributed by atoms with Crippen molar-refractivity contribution in [1.29, 1.82) is 0 Å². The summed E-state index contributed by atoms with van der Waals surface area (Å²) in [6.07, 6.45) is -19.7. The van der Waals surface area contributed by atoms with E-state index < -0.39 is 80.6 Å². The zero-order valence-corrected chi connectivity index (χ0v) is 67.7. The van der Waals surface area contributed by atoms with Crippen molar-refractivity contribution in [3.8, 4) is 138 Å². The quantitative estimate of drug-likeness (QED) is 0.0364. The van der Waals surface area contributed by atoms with Gasteiger partial charge in [0, 0.05) is 15.5 Å². The predicted octanol–water partition coefficient (Wildman–Crippen LogP) is 20.2. The maximum Gasteiger partial charge on any atom is 0.487 e. The molecule has 9 aromatic carbocycles. The van der Waals surface area contributed by atoms with Gasteiger partial charge in [-0.2, -0.15) is 105 Å². The number of hydrogen-bond acceptors (Lipinski definition) is 1. The standard InChI is InChI=1S/C60H49S2Si2.4C6H.4C2F6.Ga.4H2/c1-8-22-50(23-9-1)62(52-42-46-60(47-43-52)64(56-30-16-5-17-31-56,57-32-18-6-19-33-57)58-34-20-7-21-35-58)51-40-36-48(37-41-51)61-49-38-44-59(45-39-49)63(53-24-10-2-11-25-53,54-26-12-3-13-27-54)55-28-14-4-15-29-55;4*1-3-5-6-4-2;4*3-1(4,5)2(6,7)8;;;;;/h1-46,60H,47H2;4*1H;;;;;;4*1H/q+1;;;;;;;;;-1;;;;. The van der Waals surface area contributed by atoms with E-state index in [1.54, 1.807) is 0 Å². The van der Waals surface area contributed by atoms with Crippen LogP contribution in [0.2, 0.25) is 5.54 Å². The van der Waals surface area contributed by atoms with Gasteiger partial charge in [0.15, 0.2) is 30.8 Å². The fraction of sp³-hybridized carbons (Fsp3) is 0.109. The molecule has 0 bridgehead atoms. The third kappa shape index (κ3) is 29.3. The van der Waals surface area contributed by atoms with Crippen LogP contribution in [0.1, 0.15) is 12.1 Å². The summed E-state index contributed by atoms with van der Waals surface area (Å²) in [6, 6.07) is 97.4. The summed E-state index contributed by atoms with van der Waals surface area (Å²) in [4.78, 5) is 6.54. The van der Waals surface area contributed by atoms with E-state index in [0.29, 0.717) is 5.54 Å².